The van der Waals surface area contributed by atoms with Crippen LogP contribution in [0.25, 0.3) is 5.76 Å². The lowest BCUT2D eigenvalue weighted by Gasteiger charge is -2.25. The van der Waals surface area contributed by atoms with Gasteiger partial charge >= 0.3 is 0 Å². The predicted octanol–water partition coefficient (Wildman–Crippen LogP) is 4.43. The molecular formula is C26H23NO6. The normalized spacial score (nSPS) is 17.3. The number of ketones is 1. The molecule has 0 aromatic heterocycles. The lowest BCUT2D eigenvalue weighted by molar-refractivity contribution is -0.132. The van der Waals surface area contributed by atoms with E-state index < -0.39 is 17.7 Å². The number of aliphatic hydroxyl groups is 1. The monoisotopic (exact) mass is 445 g/mol. The van der Waals surface area contributed by atoms with E-state index in [4.69, 9.17) is 9.47 Å². The van der Waals surface area contributed by atoms with Crippen LogP contribution in [0, 0.1) is 0 Å². The van der Waals surface area contributed by atoms with E-state index in [1.54, 1.807) is 60.7 Å². The summed E-state index contributed by atoms with van der Waals surface area (Å²) in [7, 11) is 1.54. The second-order valence-corrected chi connectivity index (χ2v) is 7.42. The van der Waals surface area contributed by atoms with Gasteiger partial charge < -0.3 is 19.7 Å². The first kappa shape index (κ1) is 22.0. The van der Waals surface area contributed by atoms with Gasteiger partial charge in [-0.05, 0) is 73.2 Å². The maximum Gasteiger partial charge on any atom is 0.300 e. The Morgan fingerprint density at radius 2 is 1.52 bits per heavy atom. The third kappa shape index (κ3) is 4.13. The van der Waals surface area contributed by atoms with Gasteiger partial charge in [0.2, 0.25) is 0 Å². The number of aromatic hydroxyl groups is 1. The highest BCUT2D eigenvalue weighted by Crippen LogP contribution is 2.42. The molecule has 2 N–H and O–H groups in total. The van der Waals surface area contributed by atoms with Crippen LogP contribution in [0.5, 0.6) is 17.2 Å². The highest BCUT2D eigenvalue weighted by Gasteiger charge is 2.46. The van der Waals surface area contributed by atoms with E-state index in [1.807, 2.05) is 6.92 Å². The second kappa shape index (κ2) is 9.08. The van der Waals surface area contributed by atoms with Gasteiger partial charge in [0, 0.05) is 11.3 Å². The molecule has 0 spiro atoms. The van der Waals surface area contributed by atoms with Gasteiger partial charge in [-0.2, -0.15) is 0 Å². The number of phenols is 1. The largest absolute Gasteiger partial charge is 0.508 e. The molecular weight excluding hydrogens is 422 g/mol. The van der Waals surface area contributed by atoms with Crippen LogP contribution in [0.1, 0.15) is 24.1 Å². The lowest BCUT2D eigenvalue weighted by atomic mass is 9.95. The maximum atomic E-state index is 13.1. The van der Waals surface area contributed by atoms with Gasteiger partial charge in [-0.25, -0.2) is 0 Å². The smallest absolute Gasteiger partial charge is 0.300 e. The fourth-order valence-corrected chi connectivity index (χ4v) is 3.84. The van der Waals surface area contributed by atoms with E-state index in [0.717, 1.165) is 0 Å². The van der Waals surface area contributed by atoms with E-state index in [-0.39, 0.29) is 17.1 Å². The molecule has 1 aliphatic rings. The Hall–Kier alpha value is -4.26. The molecule has 33 heavy (non-hydrogen) atoms. The van der Waals surface area contributed by atoms with Gasteiger partial charge in [-0.3, -0.25) is 14.5 Å². The van der Waals surface area contributed by atoms with Crippen molar-refractivity contribution in [3.05, 3.63) is 89.5 Å². The molecule has 1 heterocycles. The summed E-state index contributed by atoms with van der Waals surface area (Å²) in [6.07, 6.45) is 0. The fourth-order valence-electron chi connectivity index (χ4n) is 3.84. The number of carbonyl (C=O) groups excluding carboxylic acids is 2. The Morgan fingerprint density at radius 1 is 0.909 bits per heavy atom. The molecule has 7 nitrogen and oxygen atoms in total. The van der Waals surface area contributed by atoms with Crippen molar-refractivity contribution < 1.29 is 29.3 Å². The SMILES string of the molecule is CCOc1ccc(/C(O)=C2\C(=O)C(=O)N(c3ccc(OC)cc3)C2c2ccc(O)cc2)cc1. The number of hydrogen-bond acceptors (Lipinski definition) is 6. The molecule has 1 aliphatic heterocycles. The van der Waals surface area contributed by atoms with Crippen LogP contribution in [0.3, 0.4) is 0 Å². The van der Waals surface area contributed by atoms with Crippen LogP contribution in [-0.2, 0) is 9.59 Å². The molecule has 1 fully saturated rings. The number of benzene rings is 3. The van der Waals surface area contributed by atoms with Gasteiger partial charge in [-0.15, -0.1) is 0 Å². The highest BCUT2D eigenvalue weighted by molar-refractivity contribution is 6.51. The number of ether oxygens (including phenoxy) is 2. The predicted molar refractivity (Wildman–Crippen MR) is 123 cm³/mol. The Kier molecular flexibility index (Phi) is 6.04. The van der Waals surface area contributed by atoms with E-state index in [1.165, 1.54) is 24.1 Å². The number of rotatable bonds is 6. The number of nitrogens with zero attached hydrogens (tertiary/aromatic N) is 1. The molecule has 0 bridgehead atoms. The fraction of sp³-hybridized carbons (Fsp3) is 0.154. The van der Waals surface area contributed by atoms with Crippen LogP contribution in [0.15, 0.2) is 78.4 Å². The van der Waals surface area contributed by atoms with Crippen LogP contribution < -0.4 is 14.4 Å². The summed E-state index contributed by atoms with van der Waals surface area (Å²) in [4.78, 5) is 27.6. The highest BCUT2D eigenvalue weighted by atomic mass is 16.5. The first-order valence-corrected chi connectivity index (χ1v) is 10.4. The van der Waals surface area contributed by atoms with E-state index in [9.17, 15) is 19.8 Å². The summed E-state index contributed by atoms with van der Waals surface area (Å²) in [5, 5.41) is 20.9. The molecule has 0 aliphatic carbocycles. The molecule has 3 aromatic rings. The maximum absolute atomic E-state index is 13.1. The standard InChI is InChI=1S/C26H23NO6/c1-3-33-21-12-6-17(7-13-21)24(29)22-23(16-4-10-19(28)11-5-16)27(26(31)25(22)30)18-8-14-20(32-2)15-9-18/h4-15,23,28-29H,3H2,1-2H3/b24-22+. The summed E-state index contributed by atoms with van der Waals surface area (Å²) < 4.78 is 10.6. The van der Waals surface area contributed by atoms with E-state index >= 15 is 0 Å². The second-order valence-electron chi connectivity index (χ2n) is 7.42. The van der Waals surface area contributed by atoms with Crippen LogP contribution in [0.2, 0.25) is 0 Å². The van der Waals surface area contributed by atoms with E-state index in [0.29, 0.717) is 34.9 Å². The number of phenolic OH excluding ortho intramolecular Hbond substituents is 1. The summed E-state index contributed by atoms with van der Waals surface area (Å²) in [6, 6.07) is 18.7. The van der Waals surface area contributed by atoms with Crippen molar-refractivity contribution in [1.29, 1.82) is 0 Å². The van der Waals surface area contributed by atoms with Gasteiger partial charge in [0.15, 0.2) is 0 Å². The lowest BCUT2D eigenvalue weighted by Crippen LogP contribution is -2.29. The number of amides is 1. The molecule has 0 radical (unpaired) electrons. The van der Waals surface area contributed by atoms with Crippen molar-refractivity contribution in [3.63, 3.8) is 0 Å². The molecule has 7 heteroatoms. The summed E-state index contributed by atoms with van der Waals surface area (Å²) in [6.45, 7) is 2.37. The Bertz CT molecular complexity index is 1200. The summed E-state index contributed by atoms with van der Waals surface area (Å²) in [5.74, 6) is -0.563. The molecule has 0 saturated carbocycles. The van der Waals surface area contributed by atoms with Gasteiger partial charge in [0.05, 0.1) is 25.3 Å². The molecule has 1 saturated heterocycles. The topological polar surface area (TPSA) is 96.3 Å². The van der Waals surface area contributed by atoms with Crippen molar-refractivity contribution in [1.82, 2.24) is 0 Å². The molecule has 1 atom stereocenters. The first-order valence-electron chi connectivity index (χ1n) is 10.4. The van der Waals surface area contributed by atoms with Crippen molar-refractivity contribution in [2.75, 3.05) is 18.6 Å². The Balaban J connectivity index is 1.86. The van der Waals surface area contributed by atoms with Crippen LogP contribution in [-0.4, -0.2) is 35.6 Å². The van der Waals surface area contributed by atoms with Crippen molar-refractivity contribution >= 4 is 23.1 Å². The minimum absolute atomic E-state index is 0.0364. The zero-order valence-corrected chi connectivity index (χ0v) is 18.2. The number of methoxy groups -OCH3 is 1. The number of aliphatic hydroxyl groups excluding tert-OH is 1. The summed E-state index contributed by atoms with van der Waals surface area (Å²) in [5.41, 5.74) is 1.39. The first-order chi connectivity index (χ1) is 15.9. The zero-order valence-electron chi connectivity index (χ0n) is 18.2. The number of hydrogen-bond donors (Lipinski definition) is 2. The number of Topliss-reactive ketones (excluding diaryl/α,β-unsaturated/α-hetero) is 1. The van der Waals surface area contributed by atoms with Crippen LogP contribution >= 0.6 is 0 Å². The van der Waals surface area contributed by atoms with Crippen LogP contribution in [0.4, 0.5) is 5.69 Å². The Morgan fingerprint density at radius 3 is 2.09 bits per heavy atom. The molecule has 1 amide bonds. The van der Waals surface area contributed by atoms with Gasteiger partial charge in [-0.1, -0.05) is 12.1 Å². The minimum Gasteiger partial charge on any atom is -0.508 e. The van der Waals surface area contributed by atoms with Gasteiger partial charge in [0.1, 0.15) is 23.0 Å². The minimum atomic E-state index is -0.884. The zero-order chi connectivity index (χ0) is 23.5. The third-order valence-corrected chi connectivity index (χ3v) is 5.44. The quantitative estimate of drug-likeness (QED) is 0.331. The molecule has 1 unspecified atom stereocenters. The average Bonchev–Trinajstić information content (AvgIpc) is 3.10. The molecule has 4 rings (SSSR count). The average molecular weight is 445 g/mol. The molecule has 3 aromatic carbocycles. The summed E-state index contributed by atoms with van der Waals surface area (Å²) >= 11 is 0. The van der Waals surface area contributed by atoms with E-state index in [2.05, 4.69) is 0 Å². The van der Waals surface area contributed by atoms with Crippen molar-refractivity contribution in [3.8, 4) is 17.2 Å². The third-order valence-electron chi connectivity index (χ3n) is 5.44. The number of carbonyl (C=O) groups is 2. The number of anilines is 1. The van der Waals surface area contributed by atoms with Gasteiger partial charge in [0.25, 0.3) is 11.7 Å². The van der Waals surface area contributed by atoms with Crippen molar-refractivity contribution in [2.45, 2.75) is 13.0 Å². The molecule has 168 valence electrons. The Labute approximate surface area is 191 Å². The van der Waals surface area contributed by atoms with Crippen molar-refractivity contribution in [2.24, 2.45) is 0 Å².